The smallest absolute Gasteiger partial charge is 0.123 e. The maximum absolute atomic E-state index is 12.9. The molecule has 1 aliphatic heterocycles. The molecule has 2 unspecified atom stereocenters. The highest BCUT2D eigenvalue weighted by molar-refractivity contribution is 5.31. The van der Waals surface area contributed by atoms with Gasteiger partial charge in [0.15, 0.2) is 0 Å². The summed E-state index contributed by atoms with van der Waals surface area (Å²) < 4.78 is 12.9. The summed E-state index contributed by atoms with van der Waals surface area (Å²) >= 11 is 0. The van der Waals surface area contributed by atoms with Gasteiger partial charge in [-0.05, 0) is 86.4 Å². The molecule has 1 aromatic heterocycles. The second-order valence-electron chi connectivity index (χ2n) is 8.47. The van der Waals surface area contributed by atoms with Crippen LogP contribution in [0.25, 0.3) is 0 Å². The first-order valence-corrected chi connectivity index (χ1v) is 11.1. The molecule has 0 amide bonds. The first kappa shape index (κ1) is 24.4. The van der Waals surface area contributed by atoms with Crippen molar-refractivity contribution in [2.75, 3.05) is 13.1 Å². The van der Waals surface area contributed by atoms with Crippen LogP contribution in [0.1, 0.15) is 62.1 Å². The number of aliphatic hydroxyl groups is 2. The molecular weight excluding hydrogens is 379 g/mol. The Morgan fingerprint density at radius 3 is 2.73 bits per heavy atom. The zero-order valence-electron chi connectivity index (χ0n) is 18.5. The molecule has 0 aliphatic carbocycles. The summed E-state index contributed by atoms with van der Waals surface area (Å²) in [6.07, 6.45) is 8.10. The Morgan fingerprint density at radius 2 is 2.10 bits per heavy atom. The topological polar surface area (TPSA) is 65.4 Å². The second-order valence-corrected chi connectivity index (χ2v) is 8.47. The van der Waals surface area contributed by atoms with Crippen LogP contribution in [0.5, 0.6) is 0 Å². The largest absolute Gasteiger partial charge is 0.393 e. The summed E-state index contributed by atoms with van der Waals surface area (Å²) in [4.78, 5) is 4.09. The van der Waals surface area contributed by atoms with E-state index in [1.165, 1.54) is 17.7 Å². The lowest BCUT2D eigenvalue weighted by molar-refractivity contribution is 0.118. The van der Waals surface area contributed by atoms with Crippen LogP contribution < -0.4 is 5.32 Å². The highest BCUT2D eigenvalue weighted by Gasteiger charge is 2.25. The van der Waals surface area contributed by atoms with E-state index in [0.717, 1.165) is 49.8 Å². The fraction of sp³-hybridized carbons (Fsp3) is 0.560. The lowest BCUT2D eigenvalue weighted by atomic mass is 9.85. The number of β-amino-alcohol motifs (C(OH)–C–C–N with tert-alkyl or cyclic N) is 1. The van der Waals surface area contributed by atoms with Crippen LogP contribution in [0.2, 0.25) is 0 Å². The van der Waals surface area contributed by atoms with E-state index in [1.807, 2.05) is 26.1 Å². The van der Waals surface area contributed by atoms with Crippen LogP contribution in [-0.2, 0) is 6.42 Å². The summed E-state index contributed by atoms with van der Waals surface area (Å²) in [5, 5.41) is 22.5. The number of hydrogen-bond donors (Lipinski definition) is 3. The molecule has 2 heterocycles. The number of rotatable bonds is 7. The molecule has 0 radical (unpaired) electrons. The molecule has 30 heavy (non-hydrogen) atoms. The SMILES string of the molecule is CCC(O)C[C@H](C)CCc1cccnc1.Cc1cc(F)ccc1[C@H]1CCNCC1O. The summed E-state index contributed by atoms with van der Waals surface area (Å²) in [7, 11) is 0. The molecule has 5 heteroatoms. The Bertz CT molecular complexity index is 741. The highest BCUT2D eigenvalue weighted by Crippen LogP contribution is 2.28. The van der Waals surface area contributed by atoms with Crippen molar-refractivity contribution in [1.82, 2.24) is 10.3 Å². The van der Waals surface area contributed by atoms with Crippen molar-refractivity contribution in [3.63, 3.8) is 0 Å². The third-order valence-electron chi connectivity index (χ3n) is 5.88. The Kier molecular flexibility index (Phi) is 10.4. The van der Waals surface area contributed by atoms with Gasteiger partial charge in [0.1, 0.15) is 5.82 Å². The quantitative estimate of drug-likeness (QED) is 0.627. The molecule has 1 aliphatic rings. The van der Waals surface area contributed by atoms with E-state index in [1.54, 1.807) is 12.3 Å². The number of piperidine rings is 1. The molecule has 166 valence electrons. The van der Waals surface area contributed by atoms with Gasteiger partial charge in [0.05, 0.1) is 12.2 Å². The van der Waals surface area contributed by atoms with Crippen LogP contribution in [0, 0.1) is 18.7 Å². The van der Waals surface area contributed by atoms with Crippen molar-refractivity contribution >= 4 is 0 Å². The molecule has 4 nitrogen and oxygen atoms in total. The number of nitrogens with one attached hydrogen (secondary N) is 1. The zero-order chi connectivity index (χ0) is 21.9. The minimum Gasteiger partial charge on any atom is -0.393 e. The Labute approximate surface area is 180 Å². The number of aromatic nitrogens is 1. The molecule has 0 spiro atoms. The van der Waals surface area contributed by atoms with Gasteiger partial charge in [-0.15, -0.1) is 0 Å². The third kappa shape index (κ3) is 8.13. The number of hydrogen-bond acceptors (Lipinski definition) is 4. The maximum atomic E-state index is 12.9. The Hall–Kier alpha value is -1.82. The normalized spacial score (nSPS) is 20.7. The Morgan fingerprint density at radius 1 is 1.30 bits per heavy atom. The lowest BCUT2D eigenvalue weighted by Crippen LogP contribution is -2.39. The van der Waals surface area contributed by atoms with Crippen molar-refractivity contribution in [2.24, 2.45) is 5.92 Å². The molecule has 3 N–H and O–H groups in total. The fourth-order valence-electron chi connectivity index (χ4n) is 3.97. The number of pyridine rings is 1. The van der Waals surface area contributed by atoms with Gasteiger partial charge >= 0.3 is 0 Å². The predicted octanol–water partition coefficient (Wildman–Crippen LogP) is 4.38. The number of benzene rings is 1. The molecule has 2 aromatic rings. The van der Waals surface area contributed by atoms with Gasteiger partial charge in [-0.25, -0.2) is 4.39 Å². The van der Waals surface area contributed by atoms with Gasteiger partial charge in [-0.1, -0.05) is 26.0 Å². The fourth-order valence-corrected chi connectivity index (χ4v) is 3.97. The second kappa shape index (κ2) is 12.8. The summed E-state index contributed by atoms with van der Waals surface area (Å²) in [6.45, 7) is 7.67. The summed E-state index contributed by atoms with van der Waals surface area (Å²) in [6, 6.07) is 8.88. The van der Waals surface area contributed by atoms with Crippen molar-refractivity contribution in [2.45, 2.75) is 71.0 Å². The average Bonchev–Trinajstić information content (AvgIpc) is 2.74. The maximum Gasteiger partial charge on any atom is 0.123 e. The van der Waals surface area contributed by atoms with Crippen molar-refractivity contribution < 1.29 is 14.6 Å². The molecule has 4 atom stereocenters. The summed E-state index contributed by atoms with van der Waals surface area (Å²) in [5.74, 6) is 0.520. The van der Waals surface area contributed by atoms with Crippen LogP contribution >= 0.6 is 0 Å². The van der Waals surface area contributed by atoms with Gasteiger partial charge in [0, 0.05) is 24.9 Å². The lowest BCUT2D eigenvalue weighted by Gasteiger charge is -2.29. The van der Waals surface area contributed by atoms with Gasteiger partial charge in [-0.3, -0.25) is 4.98 Å². The van der Waals surface area contributed by atoms with E-state index in [9.17, 15) is 14.6 Å². The molecule has 3 rings (SSSR count). The van der Waals surface area contributed by atoms with Crippen LogP contribution in [0.15, 0.2) is 42.7 Å². The predicted molar refractivity (Wildman–Crippen MR) is 120 cm³/mol. The van der Waals surface area contributed by atoms with Crippen molar-refractivity contribution in [3.05, 3.63) is 65.2 Å². The number of nitrogens with zero attached hydrogens (tertiary/aromatic N) is 1. The first-order valence-electron chi connectivity index (χ1n) is 11.1. The molecular formula is C25H37FN2O2. The Balaban J connectivity index is 0.000000214. The van der Waals surface area contributed by atoms with Crippen LogP contribution in [0.4, 0.5) is 4.39 Å². The van der Waals surface area contributed by atoms with Crippen LogP contribution in [0.3, 0.4) is 0 Å². The third-order valence-corrected chi connectivity index (χ3v) is 5.88. The minimum absolute atomic E-state index is 0.131. The zero-order valence-corrected chi connectivity index (χ0v) is 18.5. The number of halogens is 1. The van der Waals surface area contributed by atoms with E-state index in [0.29, 0.717) is 12.5 Å². The van der Waals surface area contributed by atoms with E-state index in [2.05, 4.69) is 23.3 Å². The monoisotopic (exact) mass is 416 g/mol. The van der Waals surface area contributed by atoms with E-state index >= 15 is 0 Å². The average molecular weight is 417 g/mol. The molecule has 1 aromatic carbocycles. The van der Waals surface area contributed by atoms with Gasteiger partial charge < -0.3 is 15.5 Å². The van der Waals surface area contributed by atoms with Crippen molar-refractivity contribution in [3.8, 4) is 0 Å². The molecule has 0 bridgehead atoms. The van der Waals surface area contributed by atoms with E-state index in [4.69, 9.17) is 0 Å². The number of aryl methyl sites for hydroxylation is 2. The standard InChI is InChI=1S/C13H21NO.C12H16FNO/c1-3-13(15)9-11(2)6-7-12-5-4-8-14-10-12;1-8-6-9(13)2-3-10(8)11-4-5-14-7-12(11)15/h4-5,8,10-11,13,15H,3,6-7,9H2,1-2H3;2-3,6,11-12,14-15H,4-5,7H2,1H3/t11-,13?;11-,12?/m11/s1. The van der Waals surface area contributed by atoms with E-state index in [-0.39, 0.29) is 23.9 Å². The minimum atomic E-state index is -0.358. The number of aliphatic hydroxyl groups excluding tert-OH is 2. The molecule has 1 fully saturated rings. The summed E-state index contributed by atoms with van der Waals surface area (Å²) in [5.41, 5.74) is 3.29. The van der Waals surface area contributed by atoms with Gasteiger partial charge in [-0.2, -0.15) is 0 Å². The van der Waals surface area contributed by atoms with Crippen molar-refractivity contribution in [1.29, 1.82) is 0 Å². The van der Waals surface area contributed by atoms with Crippen LogP contribution in [-0.4, -0.2) is 40.5 Å². The molecule has 0 saturated carbocycles. The first-order chi connectivity index (χ1) is 14.4. The van der Waals surface area contributed by atoms with Gasteiger partial charge in [0.2, 0.25) is 0 Å². The highest BCUT2D eigenvalue weighted by atomic mass is 19.1. The van der Waals surface area contributed by atoms with E-state index < -0.39 is 0 Å². The van der Waals surface area contributed by atoms with Gasteiger partial charge in [0.25, 0.3) is 0 Å². The molecule has 1 saturated heterocycles.